The van der Waals surface area contributed by atoms with E-state index in [2.05, 4.69) is 15.0 Å². The van der Waals surface area contributed by atoms with Crippen LogP contribution < -0.4 is 5.73 Å². The molecule has 1 saturated heterocycles. The van der Waals surface area contributed by atoms with Crippen molar-refractivity contribution in [2.45, 2.75) is 25.4 Å². The van der Waals surface area contributed by atoms with Crippen LogP contribution in [0.2, 0.25) is 0 Å². The number of nitrogens with two attached hydrogens (primary N) is 1. The van der Waals surface area contributed by atoms with Gasteiger partial charge >= 0.3 is 0 Å². The van der Waals surface area contributed by atoms with Gasteiger partial charge < -0.3 is 10.3 Å². The second-order valence-corrected chi connectivity index (χ2v) is 5.16. The predicted octanol–water partition coefficient (Wildman–Crippen LogP) is 1.80. The van der Waals surface area contributed by atoms with Crippen molar-refractivity contribution in [3.63, 3.8) is 0 Å². The van der Waals surface area contributed by atoms with Gasteiger partial charge in [-0.2, -0.15) is 4.98 Å². The molecule has 106 valence electrons. The van der Waals surface area contributed by atoms with Gasteiger partial charge in [0.1, 0.15) is 5.82 Å². The third-order valence-electron chi connectivity index (χ3n) is 3.47. The molecule has 1 unspecified atom stereocenters. The topological polar surface area (TPSA) is 68.2 Å². The maximum atomic E-state index is 12.9. The molecule has 2 aromatic rings. The van der Waals surface area contributed by atoms with Crippen LogP contribution in [0.15, 0.2) is 28.8 Å². The lowest BCUT2D eigenvalue weighted by Crippen LogP contribution is -2.42. The summed E-state index contributed by atoms with van der Waals surface area (Å²) >= 11 is 0. The zero-order valence-corrected chi connectivity index (χ0v) is 11.1. The number of rotatable bonds is 3. The van der Waals surface area contributed by atoms with Gasteiger partial charge in [-0.15, -0.1) is 0 Å². The standard InChI is InChI=1S/C14H17FN4O/c15-11-5-3-10(4-6-11)14-17-13(20-18-14)9-19-7-1-2-12(16)8-19/h3-6,12H,1-2,7-9,16H2. The highest BCUT2D eigenvalue weighted by Crippen LogP contribution is 2.17. The number of hydrogen-bond donors (Lipinski definition) is 1. The summed E-state index contributed by atoms with van der Waals surface area (Å²) in [5.41, 5.74) is 6.69. The van der Waals surface area contributed by atoms with Crippen LogP contribution in [0.3, 0.4) is 0 Å². The average molecular weight is 276 g/mol. The molecule has 0 aliphatic carbocycles. The van der Waals surface area contributed by atoms with Crippen LogP contribution in [0, 0.1) is 5.82 Å². The van der Waals surface area contributed by atoms with Crippen molar-refractivity contribution in [3.8, 4) is 11.4 Å². The second-order valence-electron chi connectivity index (χ2n) is 5.16. The Morgan fingerprint density at radius 3 is 2.90 bits per heavy atom. The first-order valence-corrected chi connectivity index (χ1v) is 6.77. The van der Waals surface area contributed by atoms with E-state index in [1.807, 2.05) is 0 Å². The lowest BCUT2D eigenvalue weighted by molar-refractivity contribution is 0.178. The van der Waals surface area contributed by atoms with E-state index in [-0.39, 0.29) is 11.9 Å². The monoisotopic (exact) mass is 276 g/mol. The van der Waals surface area contributed by atoms with E-state index < -0.39 is 0 Å². The van der Waals surface area contributed by atoms with Gasteiger partial charge in [0.15, 0.2) is 0 Å². The Kier molecular flexibility index (Phi) is 3.75. The average Bonchev–Trinajstić information content (AvgIpc) is 2.88. The molecule has 20 heavy (non-hydrogen) atoms. The second kappa shape index (κ2) is 5.68. The molecule has 2 heterocycles. The Labute approximate surface area is 116 Å². The molecule has 0 radical (unpaired) electrons. The number of hydrogen-bond acceptors (Lipinski definition) is 5. The predicted molar refractivity (Wildman–Crippen MR) is 72.2 cm³/mol. The van der Waals surface area contributed by atoms with Gasteiger partial charge in [0.25, 0.3) is 0 Å². The van der Waals surface area contributed by atoms with Crippen molar-refractivity contribution in [2.24, 2.45) is 5.73 Å². The minimum Gasteiger partial charge on any atom is -0.338 e. The molecule has 1 aliphatic heterocycles. The number of likely N-dealkylation sites (tertiary alicyclic amines) is 1. The molecule has 1 atom stereocenters. The van der Waals surface area contributed by atoms with Crippen molar-refractivity contribution in [1.29, 1.82) is 0 Å². The Bertz CT molecular complexity index is 569. The smallest absolute Gasteiger partial charge is 0.241 e. The highest BCUT2D eigenvalue weighted by Gasteiger charge is 2.19. The summed E-state index contributed by atoms with van der Waals surface area (Å²) in [6.07, 6.45) is 2.17. The molecule has 1 fully saturated rings. The van der Waals surface area contributed by atoms with Gasteiger partial charge in [0, 0.05) is 18.2 Å². The van der Waals surface area contributed by atoms with Crippen LogP contribution in [0.5, 0.6) is 0 Å². The molecule has 1 aromatic carbocycles. The van der Waals surface area contributed by atoms with Crippen molar-refractivity contribution in [3.05, 3.63) is 36.0 Å². The fraction of sp³-hybridized carbons (Fsp3) is 0.429. The van der Waals surface area contributed by atoms with Crippen LogP contribution in [0.4, 0.5) is 4.39 Å². The van der Waals surface area contributed by atoms with E-state index >= 15 is 0 Å². The number of benzene rings is 1. The van der Waals surface area contributed by atoms with E-state index in [0.29, 0.717) is 18.3 Å². The van der Waals surface area contributed by atoms with Crippen LogP contribution >= 0.6 is 0 Å². The summed E-state index contributed by atoms with van der Waals surface area (Å²) in [5, 5.41) is 3.93. The van der Waals surface area contributed by atoms with Crippen molar-refractivity contribution < 1.29 is 8.91 Å². The van der Waals surface area contributed by atoms with Gasteiger partial charge in [0.2, 0.25) is 11.7 Å². The van der Waals surface area contributed by atoms with Gasteiger partial charge in [-0.25, -0.2) is 4.39 Å². The maximum Gasteiger partial charge on any atom is 0.241 e. The van der Waals surface area contributed by atoms with Crippen molar-refractivity contribution >= 4 is 0 Å². The minimum atomic E-state index is -0.278. The maximum absolute atomic E-state index is 12.9. The van der Waals surface area contributed by atoms with Gasteiger partial charge in [-0.05, 0) is 43.7 Å². The van der Waals surface area contributed by atoms with Crippen LogP contribution in [-0.4, -0.2) is 34.2 Å². The van der Waals surface area contributed by atoms with Gasteiger partial charge in [0.05, 0.1) is 6.54 Å². The molecule has 0 spiro atoms. The van der Waals surface area contributed by atoms with E-state index in [0.717, 1.165) is 31.5 Å². The highest BCUT2D eigenvalue weighted by atomic mass is 19.1. The minimum absolute atomic E-state index is 0.225. The van der Waals surface area contributed by atoms with Gasteiger partial charge in [-0.1, -0.05) is 5.16 Å². The molecule has 0 saturated carbocycles. The van der Waals surface area contributed by atoms with Gasteiger partial charge in [-0.3, -0.25) is 4.90 Å². The number of aromatic nitrogens is 2. The Balaban J connectivity index is 1.69. The first kappa shape index (κ1) is 13.2. The lowest BCUT2D eigenvalue weighted by atomic mass is 10.1. The Morgan fingerprint density at radius 1 is 1.35 bits per heavy atom. The third kappa shape index (κ3) is 3.02. The molecule has 1 aliphatic rings. The number of nitrogens with zero attached hydrogens (tertiary/aromatic N) is 3. The molecule has 0 bridgehead atoms. The van der Waals surface area contributed by atoms with Crippen molar-refractivity contribution in [1.82, 2.24) is 15.0 Å². The zero-order chi connectivity index (χ0) is 13.9. The summed E-state index contributed by atoms with van der Waals surface area (Å²) in [5.74, 6) is 0.777. The van der Waals surface area contributed by atoms with Crippen molar-refractivity contribution in [2.75, 3.05) is 13.1 Å². The quantitative estimate of drug-likeness (QED) is 0.925. The molecule has 6 heteroatoms. The Hall–Kier alpha value is -1.79. The van der Waals surface area contributed by atoms with E-state index in [1.54, 1.807) is 12.1 Å². The van der Waals surface area contributed by atoms with E-state index in [4.69, 9.17) is 10.3 Å². The molecule has 5 nitrogen and oxygen atoms in total. The molecular formula is C14H17FN4O. The third-order valence-corrected chi connectivity index (χ3v) is 3.47. The number of piperidine rings is 1. The fourth-order valence-electron chi connectivity index (χ4n) is 2.46. The summed E-state index contributed by atoms with van der Waals surface area (Å²) in [6.45, 7) is 2.47. The fourth-order valence-corrected chi connectivity index (χ4v) is 2.46. The largest absolute Gasteiger partial charge is 0.338 e. The first-order valence-electron chi connectivity index (χ1n) is 6.77. The molecule has 1 aromatic heterocycles. The van der Waals surface area contributed by atoms with Crippen LogP contribution in [0.25, 0.3) is 11.4 Å². The summed E-state index contributed by atoms with van der Waals surface area (Å²) in [7, 11) is 0. The SMILES string of the molecule is NC1CCCN(Cc2nc(-c3ccc(F)cc3)no2)C1. The molecular weight excluding hydrogens is 259 g/mol. The highest BCUT2D eigenvalue weighted by molar-refractivity contribution is 5.53. The molecule has 2 N–H and O–H groups in total. The van der Waals surface area contributed by atoms with E-state index in [9.17, 15) is 4.39 Å². The summed E-state index contributed by atoms with van der Waals surface area (Å²) < 4.78 is 18.1. The normalized spacial score (nSPS) is 20.2. The molecule has 3 rings (SSSR count). The first-order chi connectivity index (χ1) is 9.70. The van der Waals surface area contributed by atoms with Crippen LogP contribution in [0.1, 0.15) is 18.7 Å². The summed E-state index contributed by atoms with van der Waals surface area (Å²) in [4.78, 5) is 6.56. The molecule has 0 amide bonds. The summed E-state index contributed by atoms with van der Waals surface area (Å²) in [6, 6.07) is 6.27. The van der Waals surface area contributed by atoms with E-state index in [1.165, 1.54) is 12.1 Å². The number of halogens is 1. The lowest BCUT2D eigenvalue weighted by Gasteiger charge is -2.29. The zero-order valence-electron chi connectivity index (χ0n) is 11.1. The Morgan fingerprint density at radius 2 is 2.15 bits per heavy atom. The van der Waals surface area contributed by atoms with Crippen LogP contribution in [-0.2, 0) is 6.54 Å².